The van der Waals surface area contributed by atoms with E-state index in [2.05, 4.69) is 279 Å². The minimum absolute atomic E-state index is 0.721. The van der Waals surface area contributed by atoms with Gasteiger partial charge in [0.15, 0.2) is 0 Å². The fourth-order valence-corrected chi connectivity index (χ4v) is 12.8. The molecule has 0 atom stereocenters. The SMILES string of the molecule is Cc1ccc(N2c3ccccc3C(c3ccc(N(c4c(C)c(C)cc(C)c4C)c4c(C)c(C)cc(C)c4C)cc3)(c3ccc(N(c4c(C)c(C)cc(C)c4C)c4c(C)c(C)cc(C)c4C)cc3)c3cc(C)ccc32)cc1. The Morgan fingerprint density at radius 1 is 0.289 bits per heavy atom. The lowest BCUT2D eigenvalue weighted by Crippen LogP contribution is -2.38. The van der Waals surface area contributed by atoms with Gasteiger partial charge in [-0.2, -0.15) is 0 Å². The van der Waals surface area contributed by atoms with Crippen LogP contribution in [0.4, 0.5) is 51.2 Å². The van der Waals surface area contributed by atoms with Crippen LogP contribution in [0.2, 0.25) is 0 Å². The Morgan fingerprint density at radius 2 is 0.605 bits per heavy atom. The van der Waals surface area contributed by atoms with Crippen LogP contribution in [0, 0.1) is 125 Å². The molecule has 0 amide bonds. The molecule has 10 rings (SSSR count). The third-order valence-corrected chi connectivity index (χ3v) is 18.0. The van der Waals surface area contributed by atoms with Crippen molar-refractivity contribution in [2.75, 3.05) is 14.7 Å². The van der Waals surface area contributed by atoms with Crippen LogP contribution in [0.15, 0.2) is 140 Å². The summed E-state index contributed by atoms with van der Waals surface area (Å²) in [5.74, 6) is 0. The van der Waals surface area contributed by atoms with E-state index in [1.54, 1.807) is 0 Å². The van der Waals surface area contributed by atoms with E-state index < -0.39 is 5.41 Å². The Labute approximate surface area is 455 Å². The van der Waals surface area contributed by atoms with Gasteiger partial charge in [0, 0.05) is 17.1 Å². The Balaban J connectivity index is 1.28. The van der Waals surface area contributed by atoms with Crippen molar-refractivity contribution < 1.29 is 0 Å². The second kappa shape index (κ2) is 19.5. The first kappa shape index (κ1) is 51.8. The maximum Gasteiger partial charge on any atom is 0.0742 e. The van der Waals surface area contributed by atoms with Crippen LogP contribution in [0.1, 0.15) is 122 Å². The van der Waals surface area contributed by atoms with Crippen LogP contribution in [0.3, 0.4) is 0 Å². The van der Waals surface area contributed by atoms with Crippen molar-refractivity contribution in [1.82, 2.24) is 0 Å². The maximum atomic E-state index is 2.58. The number of nitrogens with zero attached hydrogens (tertiary/aromatic N) is 3. The van der Waals surface area contributed by atoms with E-state index in [9.17, 15) is 0 Å². The van der Waals surface area contributed by atoms with Gasteiger partial charge in [-0.05, 0) is 284 Å². The van der Waals surface area contributed by atoms with Crippen LogP contribution < -0.4 is 14.7 Å². The molecule has 0 radical (unpaired) electrons. The lowest BCUT2D eigenvalue weighted by Gasteiger charge is -2.47. The molecule has 9 aromatic rings. The number of rotatable bonds is 9. The number of hydrogen-bond donors (Lipinski definition) is 0. The van der Waals surface area contributed by atoms with Gasteiger partial charge in [-0.15, -0.1) is 0 Å². The highest BCUT2D eigenvalue weighted by Gasteiger charge is 2.47. The van der Waals surface area contributed by atoms with Gasteiger partial charge in [0.2, 0.25) is 0 Å². The third kappa shape index (κ3) is 8.17. The Hall–Kier alpha value is -7.62. The van der Waals surface area contributed by atoms with Gasteiger partial charge in [-0.1, -0.05) is 102 Å². The summed E-state index contributed by atoms with van der Waals surface area (Å²) >= 11 is 0. The van der Waals surface area contributed by atoms with Crippen molar-refractivity contribution in [1.29, 1.82) is 0 Å². The van der Waals surface area contributed by atoms with Gasteiger partial charge >= 0.3 is 0 Å². The molecule has 0 N–H and O–H groups in total. The number of hydrogen-bond acceptors (Lipinski definition) is 3. The molecule has 384 valence electrons. The van der Waals surface area contributed by atoms with E-state index in [-0.39, 0.29) is 0 Å². The predicted octanol–water partition coefficient (Wildman–Crippen LogP) is 20.3. The largest absolute Gasteiger partial charge is 0.310 e. The standard InChI is InChI=1S/C73H77N3/c1-42-23-30-62(31-24-42)74-67-22-20-19-21-65(67)73(66-37-43(2)25-36-68(66)74,60-26-32-63(33-27-60)75(69-52(11)44(3)38-45(4)53(69)12)70-54(13)46(5)39-47(6)55(70)14)61-28-34-64(35-29-61)76(71-56(15)48(7)40-49(8)57(71)16)72-58(17)50(9)41-51(10)59(72)18/h19-41H,1-18H3. The van der Waals surface area contributed by atoms with Crippen molar-refractivity contribution >= 4 is 51.2 Å². The van der Waals surface area contributed by atoms with Crippen molar-refractivity contribution in [2.45, 2.75) is 130 Å². The first-order valence-corrected chi connectivity index (χ1v) is 27.4. The summed E-state index contributed by atoms with van der Waals surface area (Å²) in [5, 5.41) is 0. The third-order valence-electron chi connectivity index (χ3n) is 18.0. The highest BCUT2D eigenvalue weighted by atomic mass is 15.2. The average Bonchev–Trinajstić information content (AvgIpc) is 3.51. The molecule has 0 spiro atoms. The lowest BCUT2D eigenvalue weighted by atomic mass is 9.62. The lowest BCUT2D eigenvalue weighted by molar-refractivity contribution is 0.730. The molecule has 0 saturated heterocycles. The van der Waals surface area contributed by atoms with Crippen LogP contribution in [-0.4, -0.2) is 0 Å². The summed E-state index contributed by atoms with van der Waals surface area (Å²) in [4.78, 5) is 7.65. The summed E-state index contributed by atoms with van der Waals surface area (Å²) < 4.78 is 0. The molecular weight excluding hydrogens is 919 g/mol. The zero-order valence-electron chi connectivity index (χ0n) is 48.6. The van der Waals surface area contributed by atoms with Crippen LogP contribution in [-0.2, 0) is 5.41 Å². The van der Waals surface area contributed by atoms with E-state index >= 15 is 0 Å². The summed E-state index contributed by atoms with van der Waals surface area (Å²) in [7, 11) is 0. The van der Waals surface area contributed by atoms with E-state index in [1.807, 2.05) is 0 Å². The molecule has 0 unspecified atom stereocenters. The molecule has 1 heterocycles. The molecule has 0 fully saturated rings. The minimum atomic E-state index is -0.721. The van der Waals surface area contributed by atoms with Gasteiger partial charge in [-0.25, -0.2) is 0 Å². The van der Waals surface area contributed by atoms with Crippen molar-refractivity contribution in [3.05, 3.63) is 262 Å². The molecule has 0 aromatic heterocycles. The smallest absolute Gasteiger partial charge is 0.0742 e. The normalized spacial score (nSPS) is 12.7. The summed E-state index contributed by atoms with van der Waals surface area (Å²) in [6.07, 6.45) is 0. The first-order chi connectivity index (χ1) is 36.2. The highest BCUT2D eigenvalue weighted by Crippen LogP contribution is 2.59. The molecule has 3 heteroatoms. The zero-order chi connectivity index (χ0) is 54.4. The molecule has 9 aromatic carbocycles. The zero-order valence-corrected chi connectivity index (χ0v) is 48.6. The topological polar surface area (TPSA) is 9.72 Å². The maximum absolute atomic E-state index is 2.58. The molecule has 0 saturated carbocycles. The van der Waals surface area contributed by atoms with Gasteiger partial charge in [0.1, 0.15) is 0 Å². The summed E-state index contributed by atoms with van der Waals surface area (Å²) in [5.41, 5.74) is 38.3. The van der Waals surface area contributed by atoms with Gasteiger partial charge in [0.05, 0.1) is 39.5 Å². The second-order valence-corrected chi connectivity index (χ2v) is 22.7. The van der Waals surface area contributed by atoms with E-state index in [0.29, 0.717) is 0 Å². The number of anilines is 9. The van der Waals surface area contributed by atoms with E-state index in [1.165, 1.54) is 157 Å². The van der Waals surface area contributed by atoms with Crippen LogP contribution in [0.5, 0.6) is 0 Å². The number of para-hydroxylation sites is 1. The summed E-state index contributed by atoms with van der Waals surface area (Å²) in [6, 6.07) is 54.1. The first-order valence-electron chi connectivity index (χ1n) is 27.4. The van der Waals surface area contributed by atoms with Gasteiger partial charge in [-0.3, -0.25) is 0 Å². The Bertz CT molecular complexity index is 3370. The number of fused-ring (bicyclic) bond motifs is 2. The summed E-state index contributed by atoms with van der Waals surface area (Å²) in [6.45, 7) is 40.9. The van der Waals surface area contributed by atoms with Crippen LogP contribution in [0.25, 0.3) is 0 Å². The quantitative estimate of drug-likeness (QED) is 0.143. The number of benzene rings is 9. The Kier molecular flexibility index (Phi) is 13.3. The molecule has 3 nitrogen and oxygen atoms in total. The molecule has 76 heavy (non-hydrogen) atoms. The van der Waals surface area contributed by atoms with Gasteiger partial charge < -0.3 is 14.7 Å². The Morgan fingerprint density at radius 3 is 0.961 bits per heavy atom. The predicted molar refractivity (Wildman–Crippen MR) is 328 cm³/mol. The minimum Gasteiger partial charge on any atom is -0.310 e. The van der Waals surface area contributed by atoms with Crippen molar-refractivity contribution in [3.63, 3.8) is 0 Å². The van der Waals surface area contributed by atoms with Crippen molar-refractivity contribution in [3.8, 4) is 0 Å². The molecule has 0 aliphatic carbocycles. The molecule has 1 aliphatic heterocycles. The second-order valence-electron chi connectivity index (χ2n) is 22.7. The average molecular weight is 996 g/mol. The fourth-order valence-electron chi connectivity index (χ4n) is 12.8. The van der Waals surface area contributed by atoms with E-state index in [0.717, 1.165) is 17.1 Å². The van der Waals surface area contributed by atoms with Gasteiger partial charge in [0.25, 0.3) is 0 Å². The van der Waals surface area contributed by atoms with Crippen LogP contribution >= 0.6 is 0 Å². The molecule has 0 bridgehead atoms. The fraction of sp³-hybridized carbons (Fsp3) is 0.260. The monoisotopic (exact) mass is 996 g/mol. The van der Waals surface area contributed by atoms with E-state index in [4.69, 9.17) is 0 Å². The molecular formula is C73H77N3. The van der Waals surface area contributed by atoms with Crippen molar-refractivity contribution in [2.24, 2.45) is 0 Å². The number of aryl methyl sites for hydroxylation is 10. The molecule has 1 aliphatic rings. The highest BCUT2D eigenvalue weighted by molar-refractivity contribution is 5.92.